The van der Waals surface area contributed by atoms with Crippen LogP contribution in [0.3, 0.4) is 0 Å². The minimum absolute atomic E-state index is 0.0439. The Morgan fingerprint density at radius 2 is 1.85 bits per heavy atom. The number of fused-ring (bicyclic) bond motifs is 1. The van der Waals surface area contributed by atoms with E-state index in [0.29, 0.717) is 19.5 Å². The Morgan fingerprint density at radius 3 is 2.62 bits per heavy atom. The smallest absolute Gasteiger partial charge is 0.233 e. The predicted molar refractivity (Wildman–Crippen MR) is 104 cm³/mol. The van der Waals surface area contributed by atoms with E-state index in [1.165, 1.54) is 0 Å². The van der Waals surface area contributed by atoms with Crippen molar-refractivity contribution in [2.45, 2.75) is 13.0 Å². The molecule has 0 saturated heterocycles. The number of aromatic nitrogens is 3. The minimum Gasteiger partial charge on any atom is -0.286 e. The Bertz CT molecular complexity index is 962. The quantitative estimate of drug-likeness (QED) is 0.525. The fourth-order valence-corrected chi connectivity index (χ4v) is 3.81. The topological polar surface area (TPSA) is 51.0 Å². The number of rotatable bonds is 6. The molecule has 0 aliphatic carbocycles. The van der Waals surface area contributed by atoms with Crippen molar-refractivity contribution in [3.63, 3.8) is 0 Å². The van der Waals surface area contributed by atoms with Crippen LogP contribution in [0.1, 0.15) is 5.56 Å². The zero-order chi connectivity index (χ0) is 17.8. The van der Waals surface area contributed by atoms with Crippen molar-refractivity contribution >= 4 is 32.6 Å². The van der Waals surface area contributed by atoms with Gasteiger partial charge in [0, 0.05) is 18.9 Å². The molecule has 0 atom stereocenters. The summed E-state index contributed by atoms with van der Waals surface area (Å²) < 4.78 is 2.91. The molecule has 6 heteroatoms. The number of carbonyl (C=O) groups excluding carboxylic acids is 1. The molecule has 0 saturated carbocycles. The Morgan fingerprint density at radius 1 is 1.04 bits per heavy atom. The molecule has 0 N–H and O–H groups in total. The lowest BCUT2D eigenvalue weighted by Crippen LogP contribution is -2.35. The molecule has 0 unspecified atom stereocenters. The Balaban J connectivity index is 1.60. The van der Waals surface area contributed by atoms with Gasteiger partial charge in [0.25, 0.3) is 0 Å². The summed E-state index contributed by atoms with van der Waals surface area (Å²) in [6, 6.07) is 19.7. The van der Waals surface area contributed by atoms with E-state index in [2.05, 4.69) is 10.1 Å². The van der Waals surface area contributed by atoms with Crippen molar-refractivity contribution in [2.24, 2.45) is 0 Å². The molecular weight excluding hydrogens is 344 g/mol. The number of amides is 1. The van der Waals surface area contributed by atoms with Gasteiger partial charge in [-0.3, -0.25) is 14.4 Å². The van der Waals surface area contributed by atoms with Crippen LogP contribution in [-0.4, -0.2) is 27.2 Å². The van der Waals surface area contributed by atoms with E-state index < -0.39 is 0 Å². The zero-order valence-electron chi connectivity index (χ0n) is 14.2. The van der Waals surface area contributed by atoms with Crippen molar-refractivity contribution in [1.29, 1.82) is 0 Å². The fourth-order valence-electron chi connectivity index (χ4n) is 2.80. The number of anilines is 1. The Labute approximate surface area is 155 Å². The monoisotopic (exact) mass is 362 g/mol. The highest BCUT2D eigenvalue weighted by atomic mass is 32.1. The largest absolute Gasteiger partial charge is 0.286 e. The van der Waals surface area contributed by atoms with Crippen LogP contribution in [0.5, 0.6) is 0 Å². The van der Waals surface area contributed by atoms with Crippen LogP contribution in [0, 0.1) is 0 Å². The summed E-state index contributed by atoms with van der Waals surface area (Å²) in [4.78, 5) is 19.5. The zero-order valence-corrected chi connectivity index (χ0v) is 15.0. The van der Waals surface area contributed by atoms with Gasteiger partial charge in [-0.25, -0.2) is 4.98 Å². The number of thiazole rings is 1. The second-order valence-electron chi connectivity index (χ2n) is 5.94. The number of carbonyl (C=O) groups is 1. The molecule has 2 heterocycles. The first kappa shape index (κ1) is 16.5. The van der Waals surface area contributed by atoms with E-state index in [1.807, 2.05) is 71.5 Å². The van der Waals surface area contributed by atoms with E-state index in [1.54, 1.807) is 22.4 Å². The molecule has 2 aromatic heterocycles. The number of benzene rings is 2. The van der Waals surface area contributed by atoms with Crippen LogP contribution in [0.15, 0.2) is 73.1 Å². The molecule has 130 valence electrons. The molecule has 2 aromatic carbocycles. The highest BCUT2D eigenvalue weighted by molar-refractivity contribution is 7.22. The molecule has 1 amide bonds. The van der Waals surface area contributed by atoms with Crippen LogP contribution in [0.4, 0.5) is 5.13 Å². The van der Waals surface area contributed by atoms with Crippen molar-refractivity contribution in [2.75, 3.05) is 11.4 Å². The molecule has 4 aromatic rings. The number of hydrogen-bond donors (Lipinski definition) is 0. The van der Waals surface area contributed by atoms with Crippen LogP contribution in [0.25, 0.3) is 10.2 Å². The highest BCUT2D eigenvalue weighted by Gasteiger charge is 2.20. The van der Waals surface area contributed by atoms with Crippen molar-refractivity contribution in [1.82, 2.24) is 14.8 Å². The molecule has 0 radical (unpaired) electrons. The number of nitrogens with zero attached hydrogens (tertiary/aromatic N) is 4. The molecule has 0 spiro atoms. The summed E-state index contributed by atoms with van der Waals surface area (Å²) in [5.41, 5.74) is 1.92. The average Bonchev–Trinajstić information content (AvgIpc) is 3.32. The molecule has 0 fully saturated rings. The summed E-state index contributed by atoms with van der Waals surface area (Å²) in [6.45, 7) is 1.16. The van der Waals surface area contributed by atoms with E-state index in [-0.39, 0.29) is 5.91 Å². The van der Waals surface area contributed by atoms with Gasteiger partial charge in [-0.2, -0.15) is 5.10 Å². The van der Waals surface area contributed by atoms with Crippen LogP contribution in [-0.2, 0) is 17.8 Å². The average molecular weight is 362 g/mol. The Hall–Kier alpha value is -2.99. The lowest BCUT2D eigenvalue weighted by molar-refractivity contribution is -0.118. The lowest BCUT2D eigenvalue weighted by atomic mass is 10.1. The molecule has 0 aliphatic rings. The third kappa shape index (κ3) is 3.65. The van der Waals surface area contributed by atoms with Crippen molar-refractivity contribution in [3.05, 3.63) is 78.6 Å². The van der Waals surface area contributed by atoms with Crippen molar-refractivity contribution < 1.29 is 4.79 Å². The first-order chi connectivity index (χ1) is 12.8. The number of para-hydroxylation sites is 1. The van der Waals surface area contributed by atoms with Gasteiger partial charge in [0.05, 0.1) is 23.2 Å². The van der Waals surface area contributed by atoms with E-state index in [4.69, 9.17) is 0 Å². The molecule has 0 bridgehead atoms. The summed E-state index contributed by atoms with van der Waals surface area (Å²) in [5, 5.41) is 4.97. The summed E-state index contributed by atoms with van der Waals surface area (Å²) in [6.07, 6.45) is 4.00. The minimum atomic E-state index is 0.0439. The summed E-state index contributed by atoms with van der Waals surface area (Å²) in [5.74, 6) is 0.0439. The highest BCUT2D eigenvalue weighted by Crippen LogP contribution is 2.29. The van der Waals surface area contributed by atoms with Gasteiger partial charge in [0.1, 0.15) is 0 Å². The maximum Gasteiger partial charge on any atom is 0.233 e. The number of hydrogen-bond acceptors (Lipinski definition) is 4. The van der Waals surface area contributed by atoms with Crippen LogP contribution >= 0.6 is 11.3 Å². The lowest BCUT2D eigenvalue weighted by Gasteiger charge is -2.20. The first-order valence-electron chi connectivity index (χ1n) is 8.47. The van der Waals surface area contributed by atoms with E-state index in [0.717, 1.165) is 20.9 Å². The second-order valence-corrected chi connectivity index (χ2v) is 6.95. The van der Waals surface area contributed by atoms with Gasteiger partial charge >= 0.3 is 0 Å². The molecule has 0 aliphatic heterocycles. The van der Waals surface area contributed by atoms with E-state index >= 15 is 0 Å². The van der Waals surface area contributed by atoms with Gasteiger partial charge in [-0.15, -0.1) is 0 Å². The van der Waals surface area contributed by atoms with Gasteiger partial charge in [-0.1, -0.05) is 53.8 Å². The van der Waals surface area contributed by atoms with E-state index in [9.17, 15) is 4.79 Å². The van der Waals surface area contributed by atoms with Gasteiger partial charge in [0.15, 0.2) is 5.13 Å². The maximum atomic E-state index is 13.0. The normalized spacial score (nSPS) is 10.9. The summed E-state index contributed by atoms with van der Waals surface area (Å²) in [7, 11) is 0. The molecule has 5 nitrogen and oxygen atoms in total. The fraction of sp³-hybridized carbons (Fsp3) is 0.150. The van der Waals surface area contributed by atoms with Gasteiger partial charge in [0.2, 0.25) is 5.91 Å². The predicted octanol–water partition coefficient (Wildman–Crippen LogP) is 3.77. The first-order valence-corrected chi connectivity index (χ1v) is 9.28. The third-order valence-electron chi connectivity index (χ3n) is 4.12. The standard InChI is InChI=1S/C20H18N4OS/c25-19(15-16-7-2-1-3-8-16)24(14-13-23-12-6-11-21-23)20-22-17-9-4-5-10-18(17)26-20/h1-12H,13-15H2. The van der Waals surface area contributed by atoms with Gasteiger partial charge in [-0.05, 0) is 23.8 Å². The Kier molecular flexibility index (Phi) is 4.75. The third-order valence-corrected chi connectivity index (χ3v) is 5.18. The SMILES string of the molecule is O=C(Cc1ccccc1)N(CCn1cccn1)c1nc2ccccc2s1. The molecule has 4 rings (SSSR count). The van der Waals surface area contributed by atoms with Crippen LogP contribution < -0.4 is 4.90 Å². The van der Waals surface area contributed by atoms with Crippen molar-refractivity contribution in [3.8, 4) is 0 Å². The molecule has 26 heavy (non-hydrogen) atoms. The maximum absolute atomic E-state index is 13.0. The summed E-state index contributed by atoms with van der Waals surface area (Å²) >= 11 is 1.55. The molecular formula is C20H18N4OS. The second kappa shape index (κ2) is 7.49. The van der Waals surface area contributed by atoms with Gasteiger partial charge < -0.3 is 0 Å². The van der Waals surface area contributed by atoms with Crippen LogP contribution in [0.2, 0.25) is 0 Å².